The van der Waals surface area contributed by atoms with Gasteiger partial charge in [-0.15, -0.1) is 0 Å². The minimum Gasteiger partial charge on any atom is -0.319 e. The molecule has 0 radical (unpaired) electrons. The van der Waals surface area contributed by atoms with Crippen LogP contribution in [0.4, 0.5) is 15.8 Å². The number of hydrogen-bond acceptors (Lipinski definition) is 4. The second-order valence-corrected chi connectivity index (χ2v) is 5.04. The Kier molecular flexibility index (Phi) is 4.29. The number of nitrogens with one attached hydrogen (secondary N) is 2. The molecule has 0 aromatic heterocycles. The summed E-state index contributed by atoms with van der Waals surface area (Å²) in [6.07, 6.45) is 1.68. The third-order valence-electron chi connectivity index (χ3n) is 3.40. The predicted molar refractivity (Wildman–Crippen MR) is 71.9 cm³/mol. The first-order chi connectivity index (χ1) is 9.47. The Morgan fingerprint density at radius 2 is 2.30 bits per heavy atom. The highest BCUT2D eigenvalue weighted by Crippen LogP contribution is 2.26. The van der Waals surface area contributed by atoms with Gasteiger partial charge in [-0.1, -0.05) is 6.92 Å². The molecule has 0 spiro atoms. The smallest absolute Gasteiger partial charge is 0.295 e. The number of piperidine rings is 1. The lowest BCUT2D eigenvalue weighted by Crippen LogP contribution is -2.45. The van der Waals surface area contributed by atoms with Crippen molar-refractivity contribution in [1.82, 2.24) is 5.32 Å². The summed E-state index contributed by atoms with van der Waals surface area (Å²) in [6.45, 7) is 2.80. The lowest BCUT2D eigenvalue weighted by Gasteiger charge is -2.27. The topological polar surface area (TPSA) is 84.3 Å². The van der Waals surface area contributed by atoms with Gasteiger partial charge in [0.05, 0.1) is 17.0 Å². The number of nitro benzene ring substituents is 1. The number of benzene rings is 1. The molecular formula is C13H16FN3O3. The molecule has 7 heteroatoms. The molecule has 2 atom stereocenters. The SMILES string of the molecule is CC1CCNC(C(=O)Nc2ccc(F)cc2[N+](=O)[O-])C1. The van der Waals surface area contributed by atoms with Crippen molar-refractivity contribution in [2.24, 2.45) is 5.92 Å². The molecule has 2 unspecified atom stereocenters. The highest BCUT2D eigenvalue weighted by molar-refractivity contribution is 5.96. The molecule has 6 nitrogen and oxygen atoms in total. The number of nitrogens with zero attached hydrogens (tertiary/aromatic N) is 1. The Bertz CT molecular complexity index is 536. The van der Waals surface area contributed by atoms with Gasteiger partial charge in [-0.2, -0.15) is 0 Å². The zero-order chi connectivity index (χ0) is 14.7. The van der Waals surface area contributed by atoms with Crippen LogP contribution in [0.3, 0.4) is 0 Å². The third-order valence-corrected chi connectivity index (χ3v) is 3.40. The van der Waals surface area contributed by atoms with Gasteiger partial charge < -0.3 is 10.6 Å². The molecule has 1 amide bonds. The molecular weight excluding hydrogens is 265 g/mol. The van der Waals surface area contributed by atoms with Crippen molar-refractivity contribution in [3.63, 3.8) is 0 Å². The number of nitro groups is 1. The quantitative estimate of drug-likeness (QED) is 0.656. The maximum absolute atomic E-state index is 13.0. The average molecular weight is 281 g/mol. The lowest BCUT2D eigenvalue weighted by atomic mass is 9.94. The average Bonchev–Trinajstić information content (AvgIpc) is 2.40. The number of halogens is 1. The van der Waals surface area contributed by atoms with Gasteiger partial charge in [-0.3, -0.25) is 14.9 Å². The van der Waals surface area contributed by atoms with Gasteiger partial charge in [0.15, 0.2) is 0 Å². The number of anilines is 1. The molecule has 2 rings (SSSR count). The van der Waals surface area contributed by atoms with Gasteiger partial charge in [-0.25, -0.2) is 4.39 Å². The minimum absolute atomic E-state index is 0.0152. The molecule has 1 aromatic carbocycles. The van der Waals surface area contributed by atoms with Crippen molar-refractivity contribution < 1.29 is 14.1 Å². The first-order valence-electron chi connectivity index (χ1n) is 6.45. The first kappa shape index (κ1) is 14.4. The Labute approximate surface area is 115 Å². The fraction of sp³-hybridized carbons (Fsp3) is 0.462. The van der Waals surface area contributed by atoms with E-state index in [1.54, 1.807) is 0 Å². The molecule has 20 heavy (non-hydrogen) atoms. The van der Waals surface area contributed by atoms with Crippen molar-refractivity contribution in [1.29, 1.82) is 0 Å². The zero-order valence-corrected chi connectivity index (χ0v) is 11.1. The van der Waals surface area contributed by atoms with Crippen LogP contribution in [0.15, 0.2) is 18.2 Å². The van der Waals surface area contributed by atoms with Crippen LogP contribution in [-0.2, 0) is 4.79 Å². The van der Waals surface area contributed by atoms with E-state index in [4.69, 9.17) is 0 Å². The third kappa shape index (κ3) is 3.30. The van der Waals surface area contributed by atoms with E-state index in [0.29, 0.717) is 12.3 Å². The Hall–Kier alpha value is -2.02. The number of carbonyl (C=O) groups excluding carboxylic acids is 1. The van der Waals surface area contributed by atoms with Gasteiger partial charge >= 0.3 is 0 Å². The summed E-state index contributed by atoms with van der Waals surface area (Å²) in [5.74, 6) is -0.611. The summed E-state index contributed by atoms with van der Waals surface area (Å²) in [5, 5.41) is 16.4. The van der Waals surface area contributed by atoms with Crippen LogP contribution in [0.1, 0.15) is 19.8 Å². The summed E-state index contributed by atoms with van der Waals surface area (Å²) in [5.41, 5.74) is -0.427. The standard InChI is InChI=1S/C13H16FN3O3/c1-8-4-5-15-11(6-8)13(18)16-10-3-2-9(14)7-12(10)17(19)20/h2-3,7-8,11,15H,4-6H2,1H3,(H,16,18). The highest BCUT2D eigenvalue weighted by Gasteiger charge is 2.26. The maximum Gasteiger partial charge on any atom is 0.295 e. The van der Waals surface area contributed by atoms with Crippen LogP contribution < -0.4 is 10.6 Å². The van der Waals surface area contributed by atoms with E-state index in [2.05, 4.69) is 17.6 Å². The Balaban J connectivity index is 2.13. The van der Waals surface area contributed by atoms with Crippen LogP contribution in [0, 0.1) is 21.8 Å². The summed E-state index contributed by atoms with van der Waals surface area (Å²) >= 11 is 0. The molecule has 108 valence electrons. The summed E-state index contributed by atoms with van der Waals surface area (Å²) in [4.78, 5) is 22.2. The molecule has 0 bridgehead atoms. The highest BCUT2D eigenvalue weighted by atomic mass is 19.1. The van der Waals surface area contributed by atoms with Gasteiger partial charge in [-0.05, 0) is 37.4 Å². The fourth-order valence-electron chi connectivity index (χ4n) is 2.29. The largest absolute Gasteiger partial charge is 0.319 e. The lowest BCUT2D eigenvalue weighted by molar-refractivity contribution is -0.384. The fourth-order valence-corrected chi connectivity index (χ4v) is 2.29. The van der Waals surface area contributed by atoms with Gasteiger partial charge in [0.25, 0.3) is 5.69 Å². The van der Waals surface area contributed by atoms with Crippen LogP contribution in [0.5, 0.6) is 0 Å². The van der Waals surface area contributed by atoms with E-state index >= 15 is 0 Å². The van der Waals surface area contributed by atoms with Crippen LogP contribution in [0.25, 0.3) is 0 Å². The van der Waals surface area contributed by atoms with E-state index in [1.165, 1.54) is 6.07 Å². The second-order valence-electron chi connectivity index (χ2n) is 5.04. The van der Waals surface area contributed by atoms with E-state index in [-0.39, 0.29) is 17.6 Å². The second kappa shape index (κ2) is 5.96. The minimum atomic E-state index is -0.713. The predicted octanol–water partition coefficient (Wildman–Crippen LogP) is 2.06. The van der Waals surface area contributed by atoms with Crippen molar-refractivity contribution in [2.45, 2.75) is 25.8 Å². The molecule has 1 saturated heterocycles. The zero-order valence-electron chi connectivity index (χ0n) is 11.1. The van der Waals surface area contributed by atoms with Crippen LogP contribution >= 0.6 is 0 Å². The summed E-state index contributed by atoms with van der Waals surface area (Å²) in [6, 6.07) is 2.72. The van der Waals surface area contributed by atoms with Crippen LogP contribution in [-0.4, -0.2) is 23.4 Å². The van der Waals surface area contributed by atoms with Crippen LogP contribution in [0.2, 0.25) is 0 Å². The Morgan fingerprint density at radius 1 is 1.55 bits per heavy atom. The normalized spacial score (nSPS) is 22.3. The molecule has 1 heterocycles. The number of rotatable bonds is 3. The molecule has 2 N–H and O–H groups in total. The van der Waals surface area contributed by atoms with E-state index in [0.717, 1.165) is 25.1 Å². The van der Waals surface area contributed by atoms with Gasteiger partial charge in [0.1, 0.15) is 11.5 Å². The van der Waals surface area contributed by atoms with Crippen molar-refractivity contribution in [2.75, 3.05) is 11.9 Å². The van der Waals surface area contributed by atoms with Gasteiger partial charge in [0.2, 0.25) is 5.91 Å². The number of amides is 1. The summed E-state index contributed by atoms with van der Waals surface area (Å²) < 4.78 is 13.0. The summed E-state index contributed by atoms with van der Waals surface area (Å²) in [7, 11) is 0. The molecule has 1 aliphatic heterocycles. The molecule has 0 aliphatic carbocycles. The first-order valence-corrected chi connectivity index (χ1v) is 6.45. The monoisotopic (exact) mass is 281 g/mol. The number of hydrogen-bond donors (Lipinski definition) is 2. The number of carbonyl (C=O) groups is 1. The molecule has 1 aliphatic rings. The van der Waals surface area contributed by atoms with E-state index < -0.39 is 16.4 Å². The van der Waals surface area contributed by atoms with E-state index in [9.17, 15) is 19.3 Å². The van der Waals surface area contributed by atoms with Crippen molar-refractivity contribution in [3.05, 3.63) is 34.1 Å². The van der Waals surface area contributed by atoms with Crippen molar-refractivity contribution >= 4 is 17.3 Å². The Morgan fingerprint density at radius 3 is 2.95 bits per heavy atom. The molecule has 1 aromatic rings. The maximum atomic E-state index is 13.0. The van der Waals surface area contributed by atoms with Gasteiger partial charge in [0, 0.05) is 0 Å². The van der Waals surface area contributed by atoms with E-state index in [1.807, 2.05) is 0 Å². The molecule has 1 fully saturated rings. The molecule has 0 saturated carbocycles. The van der Waals surface area contributed by atoms with Crippen molar-refractivity contribution in [3.8, 4) is 0 Å².